The Kier molecular flexibility index (Phi) is 5.75. The van der Waals surface area contributed by atoms with Crippen LogP contribution < -0.4 is 4.74 Å². The lowest BCUT2D eigenvalue weighted by atomic mass is 10.2. The zero-order valence-electron chi connectivity index (χ0n) is 13.0. The maximum absolute atomic E-state index is 12.6. The summed E-state index contributed by atoms with van der Waals surface area (Å²) in [6, 6.07) is 4.52. The van der Waals surface area contributed by atoms with Crippen molar-refractivity contribution in [1.29, 1.82) is 0 Å². The van der Waals surface area contributed by atoms with E-state index in [1.54, 1.807) is 6.07 Å². The van der Waals surface area contributed by atoms with E-state index < -0.39 is 16.0 Å². The number of sulfonamides is 1. The summed E-state index contributed by atoms with van der Waals surface area (Å²) >= 11 is 0. The number of carbonyl (C=O) groups excluding carboxylic acids is 1. The second kappa shape index (κ2) is 7.58. The van der Waals surface area contributed by atoms with E-state index in [9.17, 15) is 13.2 Å². The fraction of sp³-hybridized carbons (Fsp3) is 0.400. The molecule has 0 bridgehead atoms. The molecule has 0 unspecified atom stereocenters. The third kappa shape index (κ3) is 4.10. The van der Waals surface area contributed by atoms with Gasteiger partial charge in [-0.15, -0.1) is 0 Å². The molecule has 1 saturated heterocycles. The Balaban J connectivity index is 2.36. The SMILES string of the molecule is COC(=O)C=Cc1cc(S(=O)(=O)N2CCOCC2)ccc1OC. The first-order valence-corrected chi connectivity index (χ1v) is 8.45. The number of ether oxygens (including phenoxy) is 3. The summed E-state index contributed by atoms with van der Waals surface area (Å²) in [5.74, 6) is -0.0698. The predicted molar refractivity (Wildman–Crippen MR) is 83.6 cm³/mol. The fourth-order valence-corrected chi connectivity index (χ4v) is 3.61. The first-order chi connectivity index (χ1) is 11.0. The highest BCUT2D eigenvalue weighted by molar-refractivity contribution is 7.89. The second-order valence-electron chi connectivity index (χ2n) is 4.78. The average molecular weight is 341 g/mol. The Hall–Kier alpha value is -1.90. The van der Waals surface area contributed by atoms with Crippen LogP contribution in [0.4, 0.5) is 0 Å². The molecule has 0 N–H and O–H groups in total. The smallest absolute Gasteiger partial charge is 0.330 e. The molecule has 0 radical (unpaired) electrons. The quantitative estimate of drug-likeness (QED) is 0.585. The maximum atomic E-state index is 12.6. The van der Waals surface area contributed by atoms with Crippen molar-refractivity contribution in [3.63, 3.8) is 0 Å². The van der Waals surface area contributed by atoms with Gasteiger partial charge in [-0.25, -0.2) is 13.2 Å². The minimum Gasteiger partial charge on any atom is -0.496 e. The maximum Gasteiger partial charge on any atom is 0.330 e. The zero-order valence-corrected chi connectivity index (χ0v) is 13.8. The van der Waals surface area contributed by atoms with E-state index >= 15 is 0 Å². The average Bonchev–Trinajstić information content (AvgIpc) is 2.60. The summed E-state index contributed by atoms with van der Waals surface area (Å²) < 4.78 is 41.6. The number of methoxy groups -OCH3 is 2. The van der Waals surface area contributed by atoms with Crippen molar-refractivity contribution in [1.82, 2.24) is 4.31 Å². The highest BCUT2D eigenvalue weighted by atomic mass is 32.2. The molecule has 23 heavy (non-hydrogen) atoms. The molecule has 0 spiro atoms. The molecule has 0 saturated carbocycles. The van der Waals surface area contributed by atoms with Gasteiger partial charge in [-0.05, 0) is 24.3 Å². The molecule has 0 amide bonds. The molecular weight excluding hydrogens is 322 g/mol. The minimum atomic E-state index is -3.61. The second-order valence-corrected chi connectivity index (χ2v) is 6.71. The van der Waals surface area contributed by atoms with E-state index in [0.29, 0.717) is 37.6 Å². The topological polar surface area (TPSA) is 82.1 Å². The van der Waals surface area contributed by atoms with E-state index in [2.05, 4.69) is 4.74 Å². The van der Waals surface area contributed by atoms with Gasteiger partial charge >= 0.3 is 5.97 Å². The van der Waals surface area contributed by atoms with E-state index in [4.69, 9.17) is 9.47 Å². The largest absolute Gasteiger partial charge is 0.496 e. The van der Waals surface area contributed by atoms with E-state index in [1.807, 2.05) is 0 Å². The molecule has 1 aliphatic rings. The molecule has 1 fully saturated rings. The van der Waals surface area contributed by atoms with Crippen LogP contribution in [-0.4, -0.2) is 59.2 Å². The number of hydrogen-bond acceptors (Lipinski definition) is 6. The van der Waals surface area contributed by atoms with Crippen LogP contribution in [0.2, 0.25) is 0 Å². The number of benzene rings is 1. The Morgan fingerprint density at radius 2 is 1.96 bits per heavy atom. The molecule has 0 aromatic heterocycles. The fourth-order valence-electron chi connectivity index (χ4n) is 2.17. The molecule has 1 aliphatic heterocycles. The molecule has 0 atom stereocenters. The van der Waals surface area contributed by atoms with Crippen molar-refractivity contribution in [3.05, 3.63) is 29.8 Å². The lowest BCUT2D eigenvalue weighted by Crippen LogP contribution is -2.40. The Labute approximate surface area is 135 Å². The Bertz CT molecular complexity index is 692. The molecular formula is C15H19NO6S. The monoisotopic (exact) mass is 341 g/mol. The van der Waals surface area contributed by atoms with E-state index in [0.717, 1.165) is 0 Å². The van der Waals surface area contributed by atoms with Crippen LogP contribution in [-0.2, 0) is 24.3 Å². The van der Waals surface area contributed by atoms with Crippen LogP contribution in [0.25, 0.3) is 6.08 Å². The highest BCUT2D eigenvalue weighted by Crippen LogP contribution is 2.26. The van der Waals surface area contributed by atoms with Gasteiger partial charge in [0.25, 0.3) is 0 Å². The van der Waals surface area contributed by atoms with Gasteiger partial charge in [-0.3, -0.25) is 0 Å². The van der Waals surface area contributed by atoms with Gasteiger partial charge in [0.1, 0.15) is 5.75 Å². The van der Waals surface area contributed by atoms with Gasteiger partial charge in [0.2, 0.25) is 10.0 Å². The van der Waals surface area contributed by atoms with Crippen molar-refractivity contribution in [2.24, 2.45) is 0 Å². The van der Waals surface area contributed by atoms with Crippen LogP contribution in [0.5, 0.6) is 5.75 Å². The molecule has 8 heteroatoms. The standard InChI is InChI=1S/C15H19NO6S/c1-20-14-5-4-13(11-12(14)3-6-15(17)21-2)23(18,19)16-7-9-22-10-8-16/h3-6,11H,7-10H2,1-2H3. The van der Waals surface area contributed by atoms with Crippen LogP contribution in [0, 0.1) is 0 Å². The number of esters is 1. The highest BCUT2D eigenvalue weighted by Gasteiger charge is 2.26. The van der Waals surface area contributed by atoms with Crippen molar-refractivity contribution >= 4 is 22.1 Å². The Morgan fingerprint density at radius 1 is 1.26 bits per heavy atom. The lowest BCUT2D eigenvalue weighted by molar-refractivity contribution is -0.134. The number of hydrogen-bond donors (Lipinski definition) is 0. The number of morpholine rings is 1. The summed E-state index contributed by atoms with van der Waals surface area (Å²) in [7, 11) is -0.866. The molecule has 1 aromatic rings. The van der Waals surface area contributed by atoms with E-state index in [1.165, 1.54) is 42.8 Å². The number of carbonyl (C=O) groups is 1. The first kappa shape index (κ1) is 17.5. The van der Waals surface area contributed by atoms with Gasteiger partial charge in [-0.2, -0.15) is 4.31 Å². The molecule has 1 aromatic carbocycles. The van der Waals surface area contributed by atoms with Crippen LogP contribution in [0.15, 0.2) is 29.2 Å². The van der Waals surface area contributed by atoms with E-state index in [-0.39, 0.29) is 4.90 Å². The van der Waals surface area contributed by atoms with Gasteiger partial charge < -0.3 is 14.2 Å². The minimum absolute atomic E-state index is 0.143. The van der Waals surface area contributed by atoms with Crippen molar-refractivity contribution < 1.29 is 27.4 Å². The summed E-state index contributed by atoms with van der Waals surface area (Å²) in [4.78, 5) is 11.4. The molecule has 7 nitrogen and oxygen atoms in total. The summed E-state index contributed by atoms with van der Waals surface area (Å²) in [6.07, 6.45) is 2.67. The molecule has 2 rings (SSSR count). The molecule has 1 heterocycles. The summed E-state index contributed by atoms with van der Waals surface area (Å²) in [6.45, 7) is 1.40. The van der Waals surface area contributed by atoms with Crippen molar-refractivity contribution in [3.8, 4) is 5.75 Å². The van der Waals surface area contributed by atoms with Crippen molar-refractivity contribution in [2.45, 2.75) is 4.90 Å². The molecule has 0 aliphatic carbocycles. The third-order valence-corrected chi connectivity index (χ3v) is 5.30. The predicted octanol–water partition coefficient (Wildman–Crippen LogP) is 0.902. The van der Waals surface area contributed by atoms with Gasteiger partial charge in [0.15, 0.2) is 0 Å². The number of nitrogens with zero attached hydrogens (tertiary/aromatic N) is 1. The normalized spacial score (nSPS) is 16.4. The zero-order chi connectivity index (χ0) is 16.9. The van der Waals surface area contributed by atoms with Crippen LogP contribution >= 0.6 is 0 Å². The molecule has 126 valence electrons. The van der Waals surface area contributed by atoms with Crippen molar-refractivity contribution in [2.75, 3.05) is 40.5 Å². The van der Waals surface area contributed by atoms with Gasteiger partial charge in [-0.1, -0.05) is 0 Å². The first-order valence-electron chi connectivity index (χ1n) is 7.01. The Morgan fingerprint density at radius 3 is 2.57 bits per heavy atom. The van der Waals surface area contributed by atoms with Crippen LogP contribution in [0.1, 0.15) is 5.56 Å². The number of rotatable bonds is 5. The summed E-state index contributed by atoms with van der Waals surface area (Å²) in [5, 5.41) is 0. The van der Waals surface area contributed by atoms with Gasteiger partial charge in [0, 0.05) is 24.7 Å². The van der Waals surface area contributed by atoms with Gasteiger partial charge in [0.05, 0.1) is 32.3 Å². The lowest BCUT2D eigenvalue weighted by Gasteiger charge is -2.26. The third-order valence-electron chi connectivity index (χ3n) is 3.41. The summed E-state index contributed by atoms with van der Waals surface area (Å²) in [5.41, 5.74) is 0.479. The van der Waals surface area contributed by atoms with Crippen LogP contribution in [0.3, 0.4) is 0 Å².